The van der Waals surface area contributed by atoms with Crippen LogP contribution in [0.15, 0.2) is 170 Å². The fourth-order valence-electron chi connectivity index (χ4n) is 12.0. The molecule has 4 aliphatic rings. The number of benzene rings is 7. The highest BCUT2D eigenvalue weighted by Gasteiger charge is 2.51. The minimum absolute atomic E-state index is 0.226. The number of anilines is 3. The lowest BCUT2D eigenvalue weighted by atomic mass is 9.48. The van der Waals surface area contributed by atoms with Gasteiger partial charge in [0.1, 0.15) is 5.82 Å². The molecule has 9 aromatic rings. The zero-order valence-electron chi connectivity index (χ0n) is 31.9. The van der Waals surface area contributed by atoms with E-state index in [-0.39, 0.29) is 5.82 Å². The molecule has 0 amide bonds. The van der Waals surface area contributed by atoms with Crippen LogP contribution in [0.1, 0.15) is 44.1 Å². The Morgan fingerprint density at radius 1 is 0.491 bits per heavy atom. The van der Waals surface area contributed by atoms with Crippen molar-refractivity contribution in [1.29, 1.82) is 0 Å². The molecule has 3 heteroatoms. The molecule has 4 saturated carbocycles. The normalized spacial score (nSPS) is 21.2. The Hall–Kier alpha value is -6.19. The largest absolute Gasteiger partial charge is 0.315 e. The van der Waals surface area contributed by atoms with Crippen molar-refractivity contribution >= 4 is 55.0 Å². The van der Waals surface area contributed by atoms with E-state index in [1.807, 2.05) is 12.1 Å². The molecule has 57 heavy (non-hydrogen) atoms. The first-order valence-electron chi connectivity index (χ1n) is 20.8. The summed E-state index contributed by atoms with van der Waals surface area (Å²) in [6.07, 6.45) is 10.6. The molecule has 0 radical (unpaired) electrons. The van der Waals surface area contributed by atoms with Crippen molar-refractivity contribution in [3.63, 3.8) is 0 Å². The summed E-state index contributed by atoms with van der Waals surface area (Å²) in [5.41, 5.74) is 12.2. The summed E-state index contributed by atoms with van der Waals surface area (Å²) in [4.78, 5) is 2.27. The first-order valence-corrected chi connectivity index (χ1v) is 20.8. The van der Waals surface area contributed by atoms with Gasteiger partial charge in [0.25, 0.3) is 0 Å². The van der Waals surface area contributed by atoms with Gasteiger partial charge in [-0.1, -0.05) is 97.1 Å². The van der Waals surface area contributed by atoms with Gasteiger partial charge in [-0.3, -0.25) is 0 Å². The van der Waals surface area contributed by atoms with E-state index in [1.54, 1.807) is 12.1 Å². The van der Waals surface area contributed by atoms with Crippen LogP contribution in [0.2, 0.25) is 0 Å². The number of halogens is 1. The lowest BCUT2D eigenvalue weighted by molar-refractivity contribution is -0.00518. The molecule has 0 saturated heterocycles. The van der Waals surface area contributed by atoms with Crippen LogP contribution in [-0.2, 0) is 5.41 Å². The van der Waals surface area contributed by atoms with E-state index >= 15 is 0 Å². The molecule has 0 unspecified atom stereocenters. The molecule has 0 atom stereocenters. The zero-order valence-corrected chi connectivity index (χ0v) is 31.9. The van der Waals surface area contributed by atoms with Crippen LogP contribution in [0.25, 0.3) is 60.2 Å². The van der Waals surface area contributed by atoms with Crippen molar-refractivity contribution < 1.29 is 4.39 Å². The van der Waals surface area contributed by atoms with E-state index in [4.69, 9.17) is 0 Å². The molecule has 2 nitrogen and oxygen atoms in total. The van der Waals surface area contributed by atoms with Gasteiger partial charge in [0.2, 0.25) is 0 Å². The minimum Gasteiger partial charge on any atom is -0.315 e. The maximum Gasteiger partial charge on any atom is 0.123 e. The Balaban J connectivity index is 0.974. The van der Waals surface area contributed by atoms with E-state index in [9.17, 15) is 4.39 Å². The highest BCUT2D eigenvalue weighted by Crippen LogP contribution is 2.61. The van der Waals surface area contributed by atoms with E-state index < -0.39 is 0 Å². The molecule has 4 bridgehead atoms. The fraction of sp³-hybridized carbons (Fsp3) is 0.185. The highest BCUT2D eigenvalue weighted by molar-refractivity contribution is 6.30. The minimum atomic E-state index is -0.226. The molecule has 276 valence electrons. The van der Waals surface area contributed by atoms with Gasteiger partial charge in [0.05, 0.1) is 11.0 Å². The Bertz CT molecular complexity index is 2940. The van der Waals surface area contributed by atoms with E-state index in [0.717, 1.165) is 40.4 Å². The fourth-order valence-corrected chi connectivity index (χ4v) is 12.0. The van der Waals surface area contributed by atoms with Crippen LogP contribution in [0.5, 0.6) is 0 Å². The van der Waals surface area contributed by atoms with Crippen molar-refractivity contribution in [2.45, 2.75) is 43.9 Å². The molecule has 0 spiro atoms. The van der Waals surface area contributed by atoms with Crippen molar-refractivity contribution in [3.05, 3.63) is 181 Å². The predicted octanol–water partition coefficient (Wildman–Crippen LogP) is 14.8. The summed E-state index contributed by atoms with van der Waals surface area (Å²) < 4.78 is 16.6. The summed E-state index contributed by atoms with van der Waals surface area (Å²) in [7, 11) is 0. The Morgan fingerprint density at radius 3 is 1.74 bits per heavy atom. The summed E-state index contributed by atoms with van der Waals surface area (Å²) in [6, 6.07) is 58.4. The summed E-state index contributed by atoms with van der Waals surface area (Å²) >= 11 is 0. The number of hydrogen-bond donors (Lipinski definition) is 0. The average Bonchev–Trinajstić information content (AvgIpc) is 3.61. The van der Waals surface area contributed by atoms with Gasteiger partial charge in [-0.25, -0.2) is 4.39 Å². The smallest absolute Gasteiger partial charge is 0.123 e. The molecular formula is C54H43FN2. The summed E-state index contributed by atoms with van der Waals surface area (Å²) in [5, 5.41) is 6.30. The van der Waals surface area contributed by atoms with Gasteiger partial charge < -0.3 is 9.30 Å². The van der Waals surface area contributed by atoms with Crippen molar-refractivity contribution in [3.8, 4) is 22.3 Å². The maximum absolute atomic E-state index is 14.3. The van der Waals surface area contributed by atoms with Crippen LogP contribution in [0.4, 0.5) is 21.5 Å². The third kappa shape index (κ3) is 5.21. The molecule has 4 fully saturated rings. The zero-order chi connectivity index (χ0) is 37.7. The van der Waals surface area contributed by atoms with Crippen molar-refractivity contribution in [2.75, 3.05) is 4.90 Å². The quantitative estimate of drug-likeness (QED) is 0.154. The lowest BCUT2D eigenvalue weighted by Crippen LogP contribution is -2.48. The molecule has 4 aliphatic carbocycles. The second kappa shape index (κ2) is 12.7. The molecule has 2 aromatic heterocycles. The average molecular weight is 739 g/mol. The lowest BCUT2D eigenvalue weighted by Gasteiger charge is -2.57. The van der Waals surface area contributed by atoms with Crippen LogP contribution in [-0.4, -0.2) is 4.40 Å². The van der Waals surface area contributed by atoms with Gasteiger partial charge >= 0.3 is 0 Å². The molecule has 0 aliphatic heterocycles. The van der Waals surface area contributed by atoms with Gasteiger partial charge in [-0.15, -0.1) is 0 Å². The molecule has 7 aromatic carbocycles. The molecule has 0 N–H and O–H groups in total. The summed E-state index contributed by atoms with van der Waals surface area (Å²) in [5.74, 6) is 2.50. The third-order valence-corrected chi connectivity index (χ3v) is 14.0. The highest BCUT2D eigenvalue weighted by atomic mass is 19.1. The third-order valence-electron chi connectivity index (χ3n) is 14.0. The summed E-state index contributed by atoms with van der Waals surface area (Å²) in [6.45, 7) is 0. The van der Waals surface area contributed by atoms with E-state index in [1.165, 1.54) is 98.7 Å². The van der Waals surface area contributed by atoms with Gasteiger partial charge in [-0.05, 0) is 167 Å². The van der Waals surface area contributed by atoms with Crippen LogP contribution < -0.4 is 4.90 Å². The van der Waals surface area contributed by atoms with Crippen LogP contribution in [0, 0.1) is 23.6 Å². The number of hydrogen-bond acceptors (Lipinski definition) is 1. The van der Waals surface area contributed by atoms with E-state index in [0.29, 0.717) is 5.41 Å². The number of fused-ring (bicyclic) bond motifs is 8. The second-order valence-corrected chi connectivity index (χ2v) is 17.3. The first kappa shape index (κ1) is 33.0. The first-order chi connectivity index (χ1) is 28.1. The van der Waals surface area contributed by atoms with Crippen LogP contribution in [0.3, 0.4) is 0 Å². The SMILES string of the molecule is Fc1ccc(N(c2ccc(-c3ccc4c5ccccc5c5c(c(-c6ccccc6)c6ccccn65)c4c3)cc2)c2ccc(C34CC5CC(CC(C5)C3)C4)cc2)cc1. The number of rotatable bonds is 6. The standard InChI is InChI=1S/C54H43FN2/c55-42-18-24-45(25-19-42)57(44-22-16-41(17-23-44)54-32-35-28-36(33-54)30-37(29-35)34-54)43-20-13-38(14-21-43)40-15-26-47-46-10-4-5-11-48(46)53-52(49(47)31-40)51(39-8-2-1-3-9-39)50-12-6-7-27-56(50)53/h1-27,31,35-37H,28-30,32-34H2. The van der Waals surface area contributed by atoms with Crippen molar-refractivity contribution in [1.82, 2.24) is 4.40 Å². The maximum atomic E-state index is 14.3. The Kier molecular flexibility index (Phi) is 7.33. The second-order valence-electron chi connectivity index (χ2n) is 17.3. The predicted molar refractivity (Wildman–Crippen MR) is 235 cm³/mol. The molecule has 2 heterocycles. The van der Waals surface area contributed by atoms with Gasteiger partial charge in [0.15, 0.2) is 0 Å². The molecular weight excluding hydrogens is 696 g/mol. The monoisotopic (exact) mass is 738 g/mol. The van der Waals surface area contributed by atoms with Gasteiger partial charge in [-0.2, -0.15) is 0 Å². The Labute approximate surface area is 332 Å². The topological polar surface area (TPSA) is 7.65 Å². The Morgan fingerprint density at radius 2 is 1.05 bits per heavy atom. The van der Waals surface area contributed by atoms with Crippen molar-refractivity contribution in [2.24, 2.45) is 17.8 Å². The number of aromatic nitrogens is 1. The number of pyridine rings is 1. The number of nitrogens with zero attached hydrogens (tertiary/aromatic N) is 2. The van der Waals surface area contributed by atoms with Gasteiger partial charge in [0, 0.05) is 39.6 Å². The van der Waals surface area contributed by atoms with Crippen LogP contribution >= 0.6 is 0 Å². The van der Waals surface area contributed by atoms with E-state index in [2.05, 4.69) is 155 Å². The molecule has 13 rings (SSSR count).